The van der Waals surface area contributed by atoms with Crippen LogP contribution >= 0.6 is 11.6 Å². The van der Waals surface area contributed by atoms with Gasteiger partial charge in [-0.2, -0.15) is 0 Å². The summed E-state index contributed by atoms with van der Waals surface area (Å²) in [5, 5.41) is 9.21. The van der Waals surface area contributed by atoms with Gasteiger partial charge in [0.15, 0.2) is 0 Å². The van der Waals surface area contributed by atoms with Gasteiger partial charge in [0.1, 0.15) is 5.75 Å². The van der Waals surface area contributed by atoms with Gasteiger partial charge in [0.25, 0.3) is 0 Å². The molecule has 1 aliphatic rings. The maximum absolute atomic E-state index is 10.4. The third kappa shape index (κ3) is 2.55. The van der Waals surface area contributed by atoms with Crippen molar-refractivity contribution >= 4 is 17.6 Å². The number of fused-ring (bicyclic) bond motifs is 1. The van der Waals surface area contributed by atoms with E-state index < -0.39 is 5.97 Å². The molecule has 0 aromatic heterocycles. The summed E-state index contributed by atoms with van der Waals surface area (Å²) in [5.41, 5.74) is 1.03. The van der Waals surface area contributed by atoms with E-state index in [-0.39, 0.29) is 5.92 Å². The standard InChI is InChI=1S/C12H11ClO3/c13-10-2-3-11-9(6-10)5-8(7-16-11)1-4-12(14)15/h1-4,6,8H,5,7H2,(H,14,15)/b4-1+. The molecule has 16 heavy (non-hydrogen) atoms. The third-order valence-corrected chi connectivity index (χ3v) is 2.70. The fraction of sp³-hybridized carbons (Fsp3) is 0.250. The Kier molecular flexibility index (Phi) is 3.15. The van der Waals surface area contributed by atoms with E-state index in [1.165, 1.54) is 0 Å². The number of rotatable bonds is 2. The molecule has 2 rings (SSSR count). The molecule has 3 nitrogen and oxygen atoms in total. The average molecular weight is 239 g/mol. The van der Waals surface area contributed by atoms with Crippen LogP contribution in [0.3, 0.4) is 0 Å². The van der Waals surface area contributed by atoms with Crippen molar-refractivity contribution < 1.29 is 14.6 Å². The maximum atomic E-state index is 10.4. The molecule has 84 valence electrons. The summed E-state index contributed by atoms with van der Waals surface area (Å²) in [6.07, 6.45) is 3.58. The minimum atomic E-state index is -0.933. The molecule has 0 bridgehead atoms. The van der Waals surface area contributed by atoms with Gasteiger partial charge in [0, 0.05) is 17.0 Å². The molecule has 1 heterocycles. The predicted molar refractivity (Wildman–Crippen MR) is 60.9 cm³/mol. The van der Waals surface area contributed by atoms with E-state index >= 15 is 0 Å². The summed E-state index contributed by atoms with van der Waals surface area (Å²) in [5.74, 6) is 0.00309. The Balaban J connectivity index is 2.13. The second kappa shape index (κ2) is 4.58. The highest BCUT2D eigenvalue weighted by Gasteiger charge is 2.17. The van der Waals surface area contributed by atoms with E-state index in [1.54, 1.807) is 12.1 Å². The summed E-state index contributed by atoms with van der Waals surface area (Å²) < 4.78 is 5.52. The first-order valence-corrected chi connectivity index (χ1v) is 5.35. The molecular formula is C12H11ClO3. The van der Waals surface area contributed by atoms with Crippen LogP contribution in [0.4, 0.5) is 0 Å². The van der Waals surface area contributed by atoms with E-state index in [4.69, 9.17) is 21.4 Å². The Labute approximate surface area is 98.3 Å². The van der Waals surface area contributed by atoms with Gasteiger partial charge >= 0.3 is 5.97 Å². The fourth-order valence-electron chi connectivity index (χ4n) is 1.73. The van der Waals surface area contributed by atoms with Gasteiger partial charge in [-0.05, 0) is 30.2 Å². The molecular weight excluding hydrogens is 228 g/mol. The van der Waals surface area contributed by atoms with E-state index in [0.717, 1.165) is 23.8 Å². The van der Waals surface area contributed by atoms with Crippen molar-refractivity contribution in [3.05, 3.63) is 40.9 Å². The Hall–Kier alpha value is -1.48. The number of hydrogen-bond acceptors (Lipinski definition) is 2. The first-order chi connectivity index (χ1) is 7.65. The van der Waals surface area contributed by atoms with Crippen LogP contribution < -0.4 is 4.74 Å². The first kappa shape index (κ1) is 11.0. The smallest absolute Gasteiger partial charge is 0.327 e. The van der Waals surface area contributed by atoms with Crippen molar-refractivity contribution in [2.24, 2.45) is 5.92 Å². The minimum Gasteiger partial charge on any atom is -0.493 e. The summed E-state index contributed by atoms with van der Waals surface area (Å²) in [6.45, 7) is 0.512. The second-order valence-corrected chi connectivity index (χ2v) is 4.16. The lowest BCUT2D eigenvalue weighted by atomic mass is 9.96. The normalized spacial score (nSPS) is 19.2. The Morgan fingerprint density at radius 2 is 2.38 bits per heavy atom. The van der Waals surface area contributed by atoms with E-state index in [0.29, 0.717) is 11.6 Å². The number of carboxylic acid groups (broad SMARTS) is 1. The van der Waals surface area contributed by atoms with Gasteiger partial charge in [0.05, 0.1) is 6.61 Å². The Bertz CT molecular complexity index is 440. The molecule has 0 fully saturated rings. The fourth-order valence-corrected chi connectivity index (χ4v) is 1.92. The van der Waals surface area contributed by atoms with E-state index in [9.17, 15) is 4.79 Å². The molecule has 0 radical (unpaired) electrons. The van der Waals surface area contributed by atoms with Gasteiger partial charge in [0.2, 0.25) is 0 Å². The van der Waals surface area contributed by atoms with Crippen molar-refractivity contribution in [3.8, 4) is 5.75 Å². The lowest BCUT2D eigenvalue weighted by Crippen LogP contribution is -2.19. The van der Waals surface area contributed by atoms with Crippen LogP contribution in [0.1, 0.15) is 5.56 Å². The quantitative estimate of drug-likeness (QED) is 0.806. The molecule has 0 saturated heterocycles. The average Bonchev–Trinajstić information content (AvgIpc) is 2.25. The monoisotopic (exact) mass is 238 g/mol. The van der Waals surface area contributed by atoms with Crippen LogP contribution in [-0.2, 0) is 11.2 Å². The zero-order valence-corrected chi connectivity index (χ0v) is 9.28. The SMILES string of the molecule is O=C(O)/C=C/C1COc2ccc(Cl)cc2C1. The van der Waals surface area contributed by atoms with E-state index in [1.807, 2.05) is 12.1 Å². The number of ether oxygens (including phenoxy) is 1. The number of carbonyl (C=O) groups is 1. The zero-order valence-electron chi connectivity index (χ0n) is 8.52. The van der Waals surface area contributed by atoms with E-state index in [2.05, 4.69) is 0 Å². The number of benzene rings is 1. The number of aliphatic carboxylic acids is 1. The van der Waals surface area contributed by atoms with Crippen LogP contribution in [0.15, 0.2) is 30.4 Å². The lowest BCUT2D eigenvalue weighted by Gasteiger charge is -2.23. The number of carboxylic acids is 1. The third-order valence-electron chi connectivity index (χ3n) is 2.47. The molecule has 1 unspecified atom stereocenters. The summed E-state index contributed by atoms with van der Waals surface area (Å²) in [4.78, 5) is 10.4. The topological polar surface area (TPSA) is 46.5 Å². The van der Waals surface area contributed by atoms with Gasteiger partial charge in [-0.15, -0.1) is 0 Å². The Morgan fingerprint density at radius 3 is 3.12 bits per heavy atom. The first-order valence-electron chi connectivity index (χ1n) is 4.97. The predicted octanol–water partition coefficient (Wildman–Crippen LogP) is 2.53. The molecule has 1 aliphatic heterocycles. The van der Waals surface area contributed by atoms with Gasteiger partial charge in [-0.25, -0.2) is 4.79 Å². The van der Waals surface area contributed by atoms with Crippen LogP contribution in [0.25, 0.3) is 0 Å². The molecule has 1 atom stereocenters. The number of halogens is 1. The van der Waals surface area contributed by atoms with Gasteiger partial charge in [-0.3, -0.25) is 0 Å². The van der Waals surface area contributed by atoms with Crippen LogP contribution in [0.2, 0.25) is 5.02 Å². The summed E-state index contributed by atoms with van der Waals surface area (Å²) in [7, 11) is 0. The molecule has 0 saturated carbocycles. The largest absolute Gasteiger partial charge is 0.493 e. The van der Waals surface area contributed by atoms with Crippen LogP contribution in [0.5, 0.6) is 5.75 Å². The highest BCUT2D eigenvalue weighted by atomic mass is 35.5. The van der Waals surface area contributed by atoms with Crippen LogP contribution in [-0.4, -0.2) is 17.7 Å². The van der Waals surface area contributed by atoms with Gasteiger partial charge in [-0.1, -0.05) is 17.7 Å². The lowest BCUT2D eigenvalue weighted by molar-refractivity contribution is -0.131. The highest BCUT2D eigenvalue weighted by molar-refractivity contribution is 6.30. The molecule has 0 amide bonds. The second-order valence-electron chi connectivity index (χ2n) is 3.72. The van der Waals surface area contributed by atoms with Crippen molar-refractivity contribution in [2.75, 3.05) is 6.61 Å². The van der Waals surface area contributed by atoms with Crippen molar-refractivity contribution in [1.82, 2.24) is 0 Å². The minimum absolute atomic E-state index is 0.0991. The summed E-state index contributed by atoms with van der Waals surface area (Å²) >= 11 is 5.88. The molecule has 0 aliphatic carbocycles. The van der Waals surface area contributed by atoms with Crippen molar-refractivity contribution in [1.29, 1.82) is 0 Å². The molecule has 0 spiro atoms. The summed E-state index contributed by atoms with van der Waals surface area (Å²) in [6, 6.07) is 5.49. The highest BCUT2D eigenvalue weighted by Crippen LogP contribution is 2.30. The molecule has 1 N–H and O–H groups in total. The Morgan fingerprint density at radius 1 is 1.56 bits per heavy atom. The molecule has 1 aromatic carbocycles. The maximum Gasteiger partial charge on any atom is 0.327 e. The molecule has 1 aromatic rings. The van der Waals surface area contributed by atoms with Crippen molar-refractivity contribution in [2.45, 2.75) is 6.42 Å². The van der Waals surface area contributed by atoms with Crippen LogP contribution in [0, 0.1) is 5.92 Å². The zero-order chi connectivity index (χ0) is 11.5. The van der Waals surface area contributed by atoms with Crippen molar-refractivity contribution in [3.63, 3.8) is 0 Å². The number of hydrogen-bond donors (Lipinski definition) is 1. The van der Waals surface area contributed by atoms with Gasteiger partial charge < -0.3 is 9.84 Å². The molecule has 4 heteroatoms.